The van der Waals surface area contributed by atoms with Crippen LogP contribution < -0.4 is 10.6 Å². The number of piperidine rings is 1. The molecule has 1 heterocycles. The summed E-state index contributed by atoms with van der Waals surface area (Å²) in [4.78, 5) is 14.0. The smallest absolute Gasteiger partial charge is 0.321 e. The Labute approximate surface area is 125 Å². The van der Waals surface area contributed by atoms with Gasteiger partial charge in [0.2, 0.25) is 0 Å². The molecule has 0 aromatic heterocycles. The molecule has 2 amide bonds. The SMILES string of the molecule is CCNCC1CCN(C(=O)Nc2ccccc2Cl)CC1. The van der Waals surface area contributed by atoms with Crippen LogP contribution in [0.15, 0.2) is 24.3 Å². The number of amides is 2. The van der Waals surface area contributed by atoms with Crippen molar-refractivity contribution in [1.82, 2.24) is 10.2 Å². The van der Waals surface area contributed by atoms with Crippen molar-refractivity contribution in [2.75, 3.05) is 31.5 Å². The van der Waals surface area contributed by atoms with Gasteiger partial charge in [-0.25, -0.2) is 4.79 Å². The Bertz CT molecular complexity index is 444. The fraction of sp³-hybridized carbons (Fsp3) is 0.533. The van der Waals surface area contributed by atoms with Gasteiger partial charge in [0.05, 0.1) is 10.7 Å². The molecule has 1 aliphatic heterocycles. The molecular formula is C15H22ClN3O. The highest BCUT2D eigenvalue weighted by molar-refractivity contribution is 6.33. The first-order chi connectivity index (χ1) is 9.70. The van der Waals surface area contributed by atoms with E-state index in [1.54, 1.807) is 6.07 Å². The standard InChI is InChI=1S/C15H22ClN3O/c1-2-17-11-12-7-9-19(10-8-12)15(20)18-14-6-4-3-5-13(14)16/h3-6,12,17H,2,7-11H2,1H3,(H,18,20). The van der Waals surface area contributed by atoms with Crippen LogP contribution in [-0.2, 0) is 0 Å². The molecule has 0 saturated carbocycles. The highest BCUT2D eigenvalue weighted by atomic mass is 35.5. The first-order valence-electron chi connectivity index (χ1n) is 7.22. The molecule has 0 atom stereocenters. The lowest BCUT2D eigenvalue weighted by atomic mass is 9.97. The van der Waals surface area contributed by atoms with Crippen LogP contribution in [-0.4, -0.2) is 37.1 Å². The van der Waals surface area contributed by atoms with E-state index in [1.165, 1.54) is 0 Å². The van der Waals surface area contributed by atoms with Crippen LogP contribution in [0.25, 0.3) is 0 Å². The number of likely N-dealkylation sites (tertiary alicyclic amines) is 1. The Balaban J connectivity index is 1.82. The molecule has 0 spiro atoms. The van der Waals surface area contributed by atoms with Crippen molar-refractivity contribution < 1.29 is 4.79 Å². The maximum absolute atomic E-state index is 12.2. The fourth-order valence-electron chi connectivity index (χ4n) is 2.45. The summed E-state index contributed by atoms with van der Waals surface area (Å²) in [6, 6.07) is 7.26. The van der Waals surface area contributed by atoms with Gasteiger partial charge in [-0.2, -0.15) is 0 Å². The number of hydrogen-bond donors (Lipinski definition) is 2. The fourth-order valence-corrected chi connectivity index (χ4v) is 2.63. The zero-order chi connectivity index (χ0) is 14.4. The Morgan fingerprint density at radius 2 is 2.05 bits per heavy atom. The summed E-state index contributed by atoms with van der Waals surface area (Å²) in [6.07, 6.45) is 2.12. The number of halogens is 1. The van der Waals surface area contributed by atoms with Gasteiger partial charge in [-0.3, -0.25) is 0 Å². The quantitative estimate of drug-likeness (QED) is 0.896. The molecule has 2 rings (SSSR count). The number of carbonyl (C=O) groups excluding carboxylic acids is 1. The second-order valence-corrected chi connectivity index (χ2v) is 5.56. The maximum Gasteiger partial charge on any atom is 0.321 e. The summed E-state index contributed by atoms with van der Waals surface area (Å²) in [5.41, 5.74) is 0.675. The Hall–Kier alpha value is -1.26. The average Bonchev–Trinajstić information content (AvgIpc) is 2.48. The number of para-hydroxylation sites is 1. The minimum Gasteiger partial charge on any atom is -0.325 e. The number of urea groups is 1. The topological polar surface area (TPSA) is 44.4 Å². The summed E-state index contributed by atoms with van der Waals surface area (Å²) >= 11 is 6.05. The van der Waals surface area contributed by atoms with Gasteiger partial charge in [-0.15, -0.1) is 0 Å². The van der Waals surface area contributed by atoms with Crippen molar-refractivity contribution in [1.29, 1.82) is 0 Å². The third-order valence-electron chi connectivity index (χ3n) is 3.70. The molecule has 0 unspecified atom stereocenters. The molecule has 1 fully saturated rings. The summed E-state index contributed by atoms with van der Waals surface area (Å²) in [5, 5.41) is 6.82. The monoisotopic (exact) mass is 295 g/mol. The van der Waals surface area contributed by atoms with E-state index in [-0.39, 0.29) is 6.03 Å². The summed E-state index contributed by atoms with van der Waals surface area (Å²) < 4.78 is 0. The minimum atomic E-state index is -0.0556. The van der Waals surface area contributed by atoms with E-state index in [4.69, 9.17) is 11.6 Å². The Morgan fingerprint density at radius 3 is 2.70 bits per heavy atom. The second kappa shape index (κ2) is 7.50. The molecule has 1 aliphatic rings. The van der Waals surface area contributed by atoms with E-state index >= 15 is 0 Å². The molecule has 110 valence electrons. The minimum absolute atomic E-state index is 0.0556. The van der Waals surface area contributed by atoms with Gasteiger partial charge in [0.15, 0.2) is 0 Å². The van der Waals surface area contributed by atoms with Gasteiger partial charge in [0.25, 0.3) is 0 Å². The van der Waals surface area contributed by atoms with E-state index < -0.39 is 0 Å². The summed E-state index contributed by atoms with van der Waals surface area (Å²) in [7, 11) is 0. The molecule has 4 nitrogen and oxygen atoms in total. The van der Waals surface area contributed by atoms with Crippen LogP contribution in [0.2, 0.25) is 5.02 Å². The Kier molecular flexibility index (Phi) is 5.68. The average molecular weight is 296 g/mol. The number of anilines is 1. The van der Waals surface area contributed by atoms with Crippen molar-refractivity contribution in [3.8, 4) is 0 Å². The van der Waals surface area contributed by atoms with Crippen molar-refractivity contribution in [3.63, 3.8) is 0 Å². The lowest BCUT2D eigenvalue weighted by Gasteiger charge is -2.32. The molecule has 2 N–H and O–H groups in total. The zero-order valence-electron chi connectivity index (χ0n) is 11.9. The summed E-state index contributed by atoms with van der Waals surface area (Å²) in [5.74, 6) is 0.680. The number of nitrogens with one attached hydrogen (secondary N) is 2. The third-order valence-corrected chi connectivity index (χ3v) is 4.03. The zero-order valence-corrected chi connectivity index (χ0v) is 12.6. The molecule has 20 heavy (non-hydrogen) atoms. The normalized spacial score (nSPS) is 16.2. The largest absolute Gasteiger partial charge is 0.325 e. The lowest BCUT2D eigenvalue weighted by Crippen LogP contribution is -2.42. The molecule has 0 radical (unpaired) electrons. The predicted molar refractivity (Wildman–Crippen MR) is 83.3 cm³/mol. The molecule has 1 aromatic rings. The lowest BCUT2D eigenvalue weighted by molar-refractivity contribution is 0.182. The van der Waals surface area contributed by atoms with E-state index in [0.717, 1.165) is 39.0 Å². The first kappa shape index (κ1) is 15.1. The maximum atomic E-state index is 12.2. The predicted octanol–water partition coefficient (Wildman–Crippen LogP) is 3.19. The molecule has 1 aromatic carbocycles. The summed E-state index contributed by atoms with van der Waals surface area (Å²) in [6.45, 7) is 5.80. The van der Waals surface area contributed by atoms with Crippen LogP contribution in [0.4, 0.5) is 10.5 Å². The van der Waals surface area contributed by atoms with Crippen LogP contribution in [0, 0.1) is 5.92 Å². The van der Waals surface area contributed by atoms with E-state index in [2.05, 4.69) is 17.6 Å². The Morgan fingerprint density at radius 1 is 1.35 bits per heavy atom. The number of carbonyl (C=O) groups is 1. The highest BCUT2D eigenvalue weighted by Crippen LogP contribution is 2.22. The van der Waals surface area contributed by atoms with Crippen LogP contribution in [0.3, 0.4) is 0 Å². The van der Waals surface area contributed by atoms with Crippen LogP contribution >= 0.6 is 11.6 Å². The number of benzene rings is 1. The van der Waals surface area contributed by atoms with Gasteiger partial charge in [-0.1, -0.05) is 30.7 Å². The van der Waals surface area contributed by atoms with E-state index in [0.29, 0.717) is 16.6 Å². The number of nitrogens with zero attached hydrogens (tertiary/aromatic N) is 1. The van der Waals surface area contributed by atoms with Crippen LogP contribution in [0.5, 0.6) is 0 Å². The first-order valence-corrected chi connectivity index (χ1v) is 7.59. The van der Waals surface area contributed by atoms with Gasteiger partial charge < -0.3 is 15.5 Å². The van der Waals surface area contributed by atoms with Crippen molar-refractivity contribution in [2.45, 2.75) is 19.8 Å². The van der Waals surface area contributed by atoms with Crippen molar-refractivity contribution in [3.05, 3.63) is 29.3 Å². The third kappa shape index (κ3) is 4.12. The number of hydrogen-bond acceptors (Lipinski definition) is 2. The molecule has 1 saturated heterocycles. The second-order valence-electron chi connectivity index (χ2n) is 5.15. The van der Waals surface area contributed by atoms with Gasteiger partial charge >= 0.3 is 6.03 Å². The van der Waals surface area contributed by atoms with E-state index in [1.807, 2.05) is 23.1 Å². The van der Waals surface area contributed by atoms with Gasteiger partial charge in [0, 0.05) is 13.1 Å². The molecule has 0 aliphatic carbocycles. The van der Waals surface area contributed by atoms with Crippen molar-refractivity contribution in [2.24, 2.45) is 5.92 Å². The molecule has 0 bridgehead atoms. The molecular weight excluding hydrogens is 274 g/mol. The van der Waals surface area contributed by atoms with Gasteiger partial charge in [0.1, 0.15) is 0 Å². The highest BCUT2D eigenvalue weighted by Gasteiger charge is 2.22. The van der Waals surface area contributed by atoms with E-state index in [9.17, 15) is 4.79 Å². The van der Waals surface area contributed by atoms with Crippen molar-refractivity contribution >= 4 is 23.3 Å². The molecule has 5 heteroatoms. The van der Waals surface area contributed by atoms with Gasteiger partial charge in [-0.05, 0) is 44.0 Å². The number of rotatable bonds is 4. The van der Waals surface area contributed by atoms with Crippen LogP contribution in [0.1, 0.15) is 19.8 Å².